The van der Waals surface area contributed by atoms with Crippen LogP contribution in [0.25, 0.3) is 11.1 Å². The van der Waals surface area contributed by atoms with Gasteiger partial charge in [-0.1, -0.05) is 54.6 Å². The van der Waals surface area contributed by atoms with Crippen molar-refractivity contribution < 1.29 is 9.59 Å². The highest BCUT2D eigenvalue weighted by atomic mass is 16.2. The van der Waals surface area contributed by atoms with Gasteiger partial charge in [0.1, 0.15) is 0 Å². The summed E-state index contributed by atoms with van der Waals surface area (Å²) in [7, 11) is 0. The molecule has 5 heteroatoms. The number of carbonyl (C=O) groups is 2. The predicted octanol–water partition coefficient (Wildman–Crippen LogP) is 3.27. The van der Waals surface area contributed by atoms with Crippen molar-refractivity contribution in [3.63, 3.8) is 0 Å². The lowest BCUT2D eigenvalue weighted by molar-refractivity contribution is -0.120. The number of nitriles is 1. The quantitative estimate of drug-likeness (QED) is 0.700. The smallest absolute Gasteiger partial charge is 0.251 e. The molecule has 0 aliphatic heterocycles. The van der Waals surface area contributed by atoms with Crippen molar-refractivity contribution in [2.75, 3.05) is 6.54 Å². The van der Waals surface area contributed by atoms with Crippen LogP contribution in [0.4, 0.5) is 0 Å². The van der Waals surface area contributed by atoms with Gasteiger partial charge >= 0.3 is 0 Å². The van der Waals surface area contributed by atoms with Crippen LogP contribution in [0, 0.1) is 11.3 Å². The Bertz CT molecular complexity index is 1010. The van der Waals surface area contributed by atoms with E-state index in [0.29, 0.717) is 17.7 Å². The van der Waals surface area contributed by atoms with E-state index in [1.165, 1.54) is 0 Å². The number of hydrogen-bond donors (Lipinski definition) is 2. The summed E-state index contributed by atoms with van der Waals surface area (Å²) in [6.07, 6.45) is 0. The molecule has 138 valence electrons. The van der Waals surface area contributed by atoms with E-state index in [-0.39, 0.29) is 18.4 Å². The average molecular weight is 369 g/mol. The zero-order valence-corrected chi connectivity index (χ0v) is 15.2. The van der Waals surface area contributed by atoms with E-state index in [9.17, 15) is 9.59 Å². The van der Waals surface area contributed by atoms with Crippen molar-refractivity contribution in [1.29, 1.82) is 5.26 Å². The summed E-state index contributed by atoms with van der Waals surface area (Å²) in [6, 6.07) is 26.2. The van der Waals surface area contributed by atoms with Crippen LogP contribution >= 0.6 is 0 Å². The predicted molar refractivity (Wildman–Crippen MR) is 107 cm³/mol. The van der Waals surface area contributed by atoms with Gasteiger partial charge in [-0.25, -0.2) is 0 Å². The Balaban J connectivity index is 1.49. The molecule has 3 rings (SSSR count). The Morgan fingerprint density at radius 2 is 1.54 bits per heavy atom. The fourth-order valence-electron chi connectivity index (χ4n) is 2.72. The van der Waals surface area contributed by atoms with Crippen LogP contribution in [-0.2, 0) is 11.3 Å². The minimum atomic E-state index is -0.304. The second-order valence-electron chi connectivity index (χ2n) is 6.21. The molecule has 28 heavy (non-hydrogen) atoms. The first-order chi connectivity index (χ1) is 13.7. The molecular weight excluding hydrogens is 350 g/mol. The van der Waals surface area contributed by atoms with Gasteiger partial charge in [0.05, 0.1) is 18.2 Å². The number of rotatable bonds is 6. The van der Waals surface area contributed by atoms with Gasteiger partial charge in [0.15, 0.2) is 0 Å². The number of carbonyl (C=O) groups excluding carboxylic acids is 2. The van der Waals surface area contributed by atoms with Crippen molar-refractivity contribution >= 4 is 11.8 Å². The topological polar surface area (TPSA) is 82.0 Å². The van der Waals surface area contributed by atoms with Crippen LogP contribution in [0.5, 0.6) is 0 Å². The summed E-state index contributed by atoms with van der Waals surface area (Å²) in [6.45, 7) is 0.188. The highest BCUT2D eigenvalue weighted by Gasteiger charge is 2.08. The highest BCUT2D eigenvalue weighted by molar-refractivity contribution is 5.96. The third kappa shape index (κ3) is 5.05. The van der Waals surface area contributed by atoms with E-state index in [2.05, 4.69) is 16.7 Å². The normalized spacial score (nSPS) is 9.96. The number of nitrogens with zero attached hydrogens (tertiary/aromatic N) is 1. The first kappa shape index (κ1) is 18.9. The molecule has 0 aliphatic carbocycles. The van der Waals surface area contributed by atoms with Gasteiger partial charge in [-0.3, -0.25) is 9.59 Å². The molecule has 3 aromatic rings. The Morgan fingerprint density at radius 1 is 0.821 bits per heavy atom. The molecule has 0 aliphatic rings. The summed E-state index contributed by atoms with van der Waals surface area (Å²) in [5.74, 6) is -0.599. The fraction of sp³-hybridized carbons (Fsp3) is 0.0870. The van der Waals surface area contributed by atoms with Crippen LogP contribution < -0.4 is 10.6 Å². The van der Waals surface area contributed by atoms with Crippen LogP contribution in [0.15, 0.2) is 78.9 Å². The van der Waals surface area contributed by atoms with E-state index in [0.717, 1.165) is 16.7 Å². The van der Waals surface area contributed by atoms with E-state index < -0.39 is 0 Å². The lowest BCUT2D eigenvalue weighted by atomic mass is 10.0. The Labute approximate surface area is 163 Å². The summed E-state index contributed by atoms with van der Waals surface area (Å²) < 4.78 is 0. The Morgan fingerprint density at radius 3 is 2.25 bits per heavy atom. The fourth-order valence-corrected chi connectivity index (χ4v) is 2.72. The monoisotopic (exact) mass is 369 g/mol. The van der Waals surface area contributed by atoms with Crippen LogP contribution in [0.2, 0.25) is 0 Å². The number of nitrogens with one attached hydrogen (secondary N) is 2. The van der Waals surface area contributed by atoms with Crippen LogP contribution in [0.3, 0.4) is 0 Å². The van der Waals surface area contributed by atoms with Crippen LogP contribution in [-0.4, -0.2) is 18.4 Å². The Hall–Kier alpha value is -3.91. The van der Waals surface area contributed by atoms with E-state index in [1.54, 1.807) is 30.3 Å². The van der Waals surface area contributed by atoms with Gasteiger partial charge in [-0.2, -0.15) is 5.26 Å². The first-order valence-corrected chi connectivity index (χ1v) is 8.85. The maximum atomic E-state index is 12.2. The molecule has 0 unspecified atom stereocenters. The lowest BCUT2D eigenvalue weighted by Crippen LogP contribution is -2.36. The molecular formula is C23H19N3O2. The molecule has 0 heterocycles. The van der Waals surface area contributed by atoms with Crippen LogP contribution in [0.1, 0.15) is 21.5 Å². The van der Waals surface area contributed by atoms with Gasteiger partial charge in [0.25, 0.3) is 5.91 Å². The SMILES string of the molecule is N#Cc1cccc(CNC(=O)CNC(=O)c2ccc(-c3ccccc3)cc2)c1. The molecule has 3 aromatic carbocycles. The minimum Gasteiger partial charge on any atom is -0.350 e. The number of amides is 2. The van der Waals surface area contributed by atoms with Gasteiger partial charge in [-0.05, 0) is 41.0 Å². The molecule has 0 radical (unpaired) electrons. The molecule has 0 spiro atoms. The molecule has 0 atom stereocenters. The van der Waals surface area contributed by atoms with Gasteiger partial charge < -0.3 is 10.6 Å². The van der Waals surface area contributed by atoms with Crippen molar-refractivity contribution in [2.45, 2.75) is 6.54 Å². The molecule has 2 amide bonds. The summed E-state index contributed by atoms with van der Waals surface area (Å²) in [4.78, 5) is 24.2. The first-order valence-electron chi connectivity index (χ1n) is 8.85. The third-order valence-corrected chi connectivity index (χ3v) is 4.21. The molecule has 2 N–H and O–H groups in total. The zero-order valence-electron chi connectivity index (χ0n) is 15.2. The van der Waals surface area contributed by atoms with Crippen molar-refractivity contribution in [3.8, 4) is 17.2 Å². The standard InChI is InChI=1S/C23H19N3O2/c24-14-17-5-4-6-18(13-17)15-25-22(27)16-26-23(28)21-11-9-20(10-12-21)19-7-2-1-3-8-19/h1-13H,15-16H2,(H,25,27)(H,26,28). The lowest BCUT2D eigenvalue weighted by Gasteiger charge is -2.08. The van der Waals surface area contributed by atoms with Crippen molar-refractivity contribution in [2.24, 2.45) is 0 Å². The van der Waals surface area contributed by atoms with Gasteiger partial charge in [0, 0.05) is 12.1 Å². The van der Waals surface area contributed by atoms with E-state index >= 15 is 0 Å². The number of benzene rings is 3. The van der Waals surface area contributed by atoms with Gasteiger partial charge in [-0.15, -0.1) is 0 Å². The second-order valence-corrected chi connectivity index (χ2v) is 6.21. The summed E-state index contributed by atoms with van der Waals surface area (Å²) in [5.41, 5.74) is 3.97. The van der Waals surface area contributed by atoms with E-state index in [1.807, 2.05) is 48.5 Å². The minimum absolute atomic E-state index is 0.114. The average Bonchev–Trinajstić information content (AvgIpc) is 2.77. The number of hydrogen-bond acceptors (Lipinski definition) is 3. The molecule has 5 nitrogen and oxygen atoms in total. The largest absolute Gasteiger partial charge is 0.350 e. The maximum Gasteiger partial charge on any atom is 0.251 e. The zero-order chi connectivity index (χ0) is 19.8. The second kappa shape index (κ2) is 9.15. The molecule has 0 saturated carbocycles. The molecule has 0 fully saturated rings. The summed E-state index contributed by atoms with van der Waals surface area (Å²) >= 11 is 0. The van der Waals surface area contributed by atoms with Crippen molar-refractivity contribution in [1.82, 2.24) is 10.6 Å². The molecule has 0 bridgehead atoms. The summed E-state index contributed by atoms with van der Waals surface area (Å²) in [5, 5.41) is 14.2. The Kier molecular flexibility index (Phi) is 6.17. The maximum absolute atomic E-state index is 12.2. The highest BCUT2D eigenvalue weighted by Crippen LogP contribution is 2.19. The van der Waals surface area contributed by atoms with E-state index in [4.69, 9.17) is 5.26 Å². The molecule has 0 saturated heterocycles. The molecule has 0 aromatic heterocycles. The van der Waals surface area contributed by atoms with Crippen molar-refractivity contribution in [3.05, 3.63) is 95.6 Å². The third-order valence-electron chi connectivity index (χ3n) is 4.21. The van der Waals surface area contributed by atoms with Gasteiger partial charge in [0.2, 0.25) is 5.91 Å².